The smallest absolute Gasteiger partial charge is 0.397 e. The second-order valence-corrected chi connectivity index (χ2v) is 10.7. The maximum atomic E-state index is 12.6. The number of carbonyl (C=O) groups excluding carboxylic acids is 2. The number of hydrogen-bond acceptors (Lipinski definition) is 4. The summed E-state index contributed by atoms with van der Waals surface area (Å²) >= 11 is 0. The van der Waals surface area contributed by atoms with Crippen LogP contribution < -0.4 is 5.32 Å². The maximum absolute atomic E-state index is 12.6. The number of nitrogens with zero attached hydrogens (tertiary/aromatic N) is 1. The molecule has 0 spiro atoms. The van der Waals surface area contributed by atoms with Crippen molar-refractivity contribution in [3.63, 3.8) is 0 Å². The van der Waals surface area contributed by atoms with Crippen molar-refractivity contribution in [3.05, 3.63) is 168 Å². The van der Waals surface area contributed by atoms with Gasteiger partial charge in [0.1, 0.15) is 0 Å². The molecule has 5 heteroatoms. The van der Waals surface area contributed by atoms with Gasteiger partial charge in [0.05, 0.1) is 6.61 Å². The van der Waals surface area contributed by atoms with Gasteiger partial charge in [-0.3, -0.25) is 4.79 Å². The molecule has 226 valence electrons. The first-order chi connectivity index (χ1) is 22.1. The number of ether oxygens (including phenoxy) is 1. The standard InChI is InChI=1S/C22H21NO3.C18H17N/c1-2-26-22(25)21(24)23(15-17-9-4-3-5-10-17)16-19-13-8-12-18-11-6-7-14-20(18)19;1-2-7-15(8-3-1)13-19-14-17-11-6-10-16-9-4-5-12-18(16)17/h3-14H,2,15-16H2,1H3;1-12,19H,13-14H2. The molecule has 6 aromatic carbocycles. The largest absolute Gasteiger partial charge is 0.459 e. The van der Waals surface area contributed by atoms with Gasteiger partial charge in [0, 0.05) is 26.2 Å². The molecule has 0 aromatic heterocycles. The van der Waals surface area contributed by atoms with Crippen molar-refractivity contribution in [1.82, 2.24) is 10.2 Å². The molecule has 0 radical (unpaired) electrons. The minimum atomic E-state index is -0.816. The lowest BCUT2D eigenvalue weighted by atomic mass is 10.0. The van der Waals surface area contributed by atoms with Crippen LogP contribution in [-0.4, -0.2) is 23.4 Å². The molecule has 0 unspecified atom stereocenters. The molecule has 0 saturated heterocycles. The molecule has 1 N–H and O–H groups in total. The summed E-state index contributed by atoms with van der Waals surface area (Å²) in [5.74, 6) is -1.44. The molecule has 1 amide bonds. The minimum Gasteiger partial charge on any atom is -0.459 e. The molecular weight excluding hydrogens is 556 g/mol. The van der Waals surface area contributed by atoms with Crippen molar-refractivity contribution in [2.45, 2.75) is 33.1 Å². The summed E-state index contributed by atoms with van der Waals surface area (Å²) in [6.07, 6.45) is 0. The van der Waals surface area contributed by atoms with Crippen LogP contribution in [0.5, 0.6) is 0 Å². The highest BCUT2D eigenvalue weighted by Crippen LogP contribution is 2.21. The van der Waals surface area contributed by atoms with Gasteiger partial charge in [0.15, 0.2) is 0 Å². The van der Waals surface area contributed by atoms with Crippen molar-refractivity contribution in [2.24, 2.45) is 0 Å². The van der Waals surface area contributed by atoms with Crippen molar-refractivity contribution in [1.29, 1.82) is 0 Å². The van der Waals surface area contributed by atoms with E-state index in [9.17, 15) is 9.59 Å². The fourth-order valence-electron chi connectivity index (χ4n) is 5.35. The van der Waals surface area contributed by atoms with Crippen molar-refractivity contribution < 1.29 is 14.3 Å². The lowest BCUT2D eigenvalue weighted by Crippen LogP contribution is -2.36. The first kappa shape index (κ1) is 31.2. The van der Waals surface area contributed by atoms with Crippen LogP contribution >= 0.6 is 0 Å². The third-order valence-electron chi connectivity index (χ3n) is 7.56. The zero-order chi connectivity index (χ0) is 31.3. The summed E-state index contributed by atoms with van der Waals surface area (Å²) in [4.78, 5) is 26.2. The molecule has 0 bridgehead atoms. The Kier molecular flexibility index (Phi) is 11.1. The molecule has 0 atom stereocenters. The van der Waals surface area contributed by atoms with Crippen molar-refractivity contribution >= 4 is 33.4 Å². The van der Waals surface area contributed by atoms with E-state index in [0.717, 1.165) is 35.0 Å². The van der Waals surface area contributed by atoms with Gasteiger partial charge in [-0.15, -0.1) is 0 Å². The van der Waals surface area contributed by atoms with E-state index >= 15 is 0 Å². The summed E-state index contributed by atoms with van der Waals surface area (Å²) < 4.78 is 4.92. The third kappa shape index (κ3) is 8.65. The molecule has 6 rings (SSSR count). The third-order valence-corrected chi connectivity index (χ3v) is 7.56. The number of rotatable bonds is 9. The minimum absolute atomic E-state index is 0.179. The zero-order valence-corrected chi connectivity index (χ0v) is 25.6. The molecular formula is C40H38N2O3. The Morgan fingerprint density at radius 2 is 1.07 bits per heavy atom. The van der Waals surface area contributed by atoms with E-state index in [0.29, 0.717) is 13.1 Å². The van der Waals surface area contributed by atoms with Gasteiger partial charge in [0.25, 0.3) is 0 Å². The summed E-state index contributed by atoms with van der Waals surface area (Å²) in [7, 11) is 0. The van der Waals surface area contributed by atoms with Crippen LogP contribution in [0.4, 0.5) is 0 Å². The van der Waals surface area contributed by atoms with Crippen molar-refractivity contribution in [3.8, 4) is 0 Å². The van der Waals surface area contributed by atoms with Crippen LogP contribution in [0.25, 0.3) is 21.5 Å². The quantitative estimate of drug-likeness (QED) is 0.136. The Labute approximate surface area is 265 Å². The van der Waals surface area contributed by atoms with Crippen LogP contribution in [-0.2, 0) is 40.5 Å². The van der Waals surface area contributed by atoms with Gasteiger partial charge >= 0.3 is 11.9 Å². The Bertz CT molecular complexity index is 1830. The van der Waals surface area contributed by atoms with Crippen LogP contribution in [0.15, 0.2) is 146 Å². The molecule has 45 heavy (non-hydrogen) atoms. The van der Waals surface area contributed by atoms with Crippen LogP contribution in [0.2, 0.25) is 0 Å². The number of fused-ring (bicyclic) bond motifs is 2. The van der Waals surface area contributed by atoms with Crippen LogP contribution in [0, 0.1) is 0 Å². The summed E-state index contributed by atoms with van der Waals surface area (Å²) in [6, 6.07) is 49.2. The Balaban J connectivity index is 0.000000186. The molecule has 0 aliphatic carbocycles. The highest BCUT2D eigenvalue weighted by atomic mass is 16.5. The predicted octanol–water partition coefficient (Wildman–Crippen LogP) is 8.06. The molecule has 0 saturated carbocycles. The van der Waals surface area contributed by atoms with Crippen LogP contribution in [0.3, 0.4) is 0 Å². The zero-order valence-electron chi connectivity index (χ0n) is 25.6. The lowest BCUT2D eigenvalue weighted by Gasteiger charge is -2.22. The molecule has 0 heterocycles. The first-order valence-electron chi connectivity index (χ1n) is 15.3. The summed E-state index contributed by atoms with van der Waals surface area (Å²) in [5.41, 5.74) is 4.64. The number of benzene rings is 6. The SMILES string of the molecule is CCOC(=O)C(=O)N(Cc1ccccc1)Cc1cccc2ccccc12.c1ccc(CNCc2cccc3ccccc23)cc1. The number of hydrogen-bond donors (Lipinski definition) is 1. The van der Waals surface area contributed by atoms with Gasteiger partial charge in [0.2, 0.25) is 0 Å². The van der Waals surface area contributed by atoms with Crippen LogP contribution in [0.1, 0.15) is 29.2 Å². The lowest BCUT2D eigenvalue weighted by molar-refractivity contribution is -0.160. The van der Waals surface area contributed by atoms with E-state index in [1.807, 2.05) is 78.9 Å². The second-order valence-electron chi connectivity index (χ2n) is 10.7. The fourth-order valence-corrected chi connectivity index (χ4v) is 5.35. The van der Waals surface area contributed by atoms with E-state index in [1.54, 1.807) is 6.92 Å². The molecule has 5 nitrogen and oxygen atoms in total. The second kappa shape index (κ2) is 16.0. The highest BCUT2D eigenvalue weighted by molar-refractivity contribution is 6.32. The van der Waals surface area contributed by atoms with E-state index in [4.69, 9.17) is 4.74 Å². The Morgan fingerprint density at radius 1 is 0.556 bits per heavy atom. The summed E-state index contributed by atoms with van der Waals surface area (Å²) in [6.45, 7) is 4.37. The molecule has 0 fully saturated rings. The van der Waals surface area contributed by atoms with E-state index in [2.05, 4.69) is 72.0 Å². The maximum Gasteiger partial charge on any atom is 0.397 e. The van der Waals surface area contributed by atoms with Gasteiger partial charge in [-0.1, -0.05) is 146 Å². The predicted molar refractivity (Wildman–Crippen MR) is 182 cm³/mol. The number of amides is 1. The molecule has 0 aliphatic rings. The van der Waals surface area contributed by atoms with Gasteiger partial charge < -0.3 is 15.0 Å². The van der Waals surface area contributed by atoms with E-state index < -0.39 is 11.9 Å². The topological polar surface area (TPSA) is 58.6 Å². The Morgan fingerprint density at radius 3 is 1.69 bits per heavy atom. The number of esters is 1. The fraction of sp³-hybridized carbons (Fsp3) is 0.150. The van der Waals surface area contributed by atoms with E-state index in [1.165, 1.54) is 26.8 Å². The highest BCUT2D eigenvalue weighted by Gasteiger charge is 2.24. The monoisotopic (exact) mass is 594 g/mol. The van der Waals surface area contributed by atoms with Gasteiger partial charge in [-0.05, 0) is 50.7 Å². The summed E-state index contributed by atoms with van der Waals surface area (Å²) in [5, 5.41) is 8.33. The molecule has 0 aliphatic heterocycles. The molecule has 6 aromatic rings. The van der Waals surface area contributed by atoms with Crippen molar-refractivity contribution in [2.75, 3.05) is 6.61 Å². The normalized spacial score (nSPS) is 10.6. The van der Waals surface area contributed by atoms with Gasteiger partial charge in [-0.2, -0.15) is 0 Å². The Hall–Kier alpha value is -5.26. The number of nitrogens with one attached hydrogen (secondary N) is 1. The van der Waals surface area contributed by atoms with E-state index in [-0.39, 0.29) is 6.61 Å². The average molecular weight is 595 g/mol. The first-order valence-corrected chi connectivity index (χ1v) is 15.3. The average Bonchev–Trinajstić information content (AvgIpc) is 3.09. The number of carbonyl (C=O) groups is 2. The van der Waals surface area contributed by atoms with Gasteiger partial charge in [-0.25, -0.2) is 4.79 Å².